The molecule has 0 aliphatic carbocycles. The number of benzene rings is 4. The second-order valence-corrected chi connectivity index (χ2v) is 12.3. The average Bonchev–Trinajstić information content (AvgIpc) is 3.16. The summed E-state index contributed by atoms with van der Waals surface area (Å²) in [6.07, 6.45) is -11.1. The summed E-state index contributed by atoms with van der Waals surface area (Å²) in [4.78, 5) is 55.3. The lowest BCUT2D eigenvalue weighted by atomic mass is 9.91. The lowest BCUT2D eigenvalue weighted by Gasteiger charge is -2.43. The molecule has 5 atom stereocenters. The molecular weight excluding hydrogens is 760 g/mol. The first-order valence-electron chi connectivity index (χ1n) is 15.6. The Balaban J connectivity index is 1.44. The van der Waals surface area contributed by atoms with E-state index in [1.807, 2.05) is 0 Å². The Kier molecular flexibility index (Phi) is 8.31. The van der Waals surface area contributed by atoms with Crippen molar-refractivity contribution in [2.45, 2.75) is 30.7 Å². The van der Waals surface area contributed by atoms with Gasteiger partial charge >= 0.3 is 23.9 Å². The maximum Gasteiger partial charge on any atom is 0.339 e. The van der Waals surface area contributed by atoms with Crippen LogP contribution in [0.1, 0.15) is 41.4 Å². The van der Waals surface area contributed by atoms with Crippen molar-refractivity contribution in [3.8, 4) is 91.2 Å². The SMILES string of the molecule is O=C1OC[C@H]2OC(O)C3OC(=O)c4cc(O)c(O)c(O)c4-c4c(cc(O)c(O)c4O)C(=O)O[C@H]3C2OC(=O)c2cc(O)c(O)c(O)c2-c2c1cc(O)c(O)c2O. The van der Waals surface area contributed by atoms with Gasteiger partial charge in [-0.25, -0.2) is 19.2 Å². The number of aromatic hydroxyl groups is 12. The second-order valence-electron chi connectivity index (χ2n) is 12.3. The van der Waals surface area contributed by atoms with Gasteiger partial charge in [-0.05, 0) is 24.3 Å². The third-order valence-electron chi connectivity index (χ3n) is 9.11. The predicted octanol–water partition coefficient (Wildman–Crippen LogP) is 0.665. The highest BCUT2D eigenvalue weighted by atomic mass is 16.7. The summed E-state index contributed by atoms with van der Waals surface area (Å²) in [7, 11) is 0. The fourth-order valence-corrected chi connectivity index (χ4v) is 6.46. The van der Waals surface area contributed by atoms with Crippen molar-refractivity contribution in [1.82, 2.24) is 0 Å². The van der Waals surface area contributed by atoms with Crippen LogP contribution in [0, 0.1) is 0 Å². The zero-order valence-corrected chi connectivity index (χ0v) is 27.4. The quantitative estimate of drug-likeness (QED) is 0.0661. The van der Waals surface area contributed by atoms with E-state index in [-0.39, 0.29) is 0 Å². The summed E-state index contributed by atoms with van der Waals surface area (Å²) in [6.45, 7) is -1.08. The van der Waals surface area contributed by atoms with Crippen molar-refractivity contribution in [2.24, 2.45) is 0 Å². The summed E-state index contributed by atoms with van der Waals surface area (Å²) in [5.41, 5.74) is -7.76. The first-order chi connectivity index (χ1) is 26.3. The van der Waals surface area contributed by atoms with Gasteiger partial charge in [-0.3, -0.25) is 0 Å². The normalized spacial score (nSPS) is 21.8. The third kappa shape index (κ3) is 5.34. The topological polar surface area (TPSA) is 377 Å². The number of rotatable bonds is 0. The number of aliphatic hydroxyl groups is 1. The number of esters is 4. The van der Waals surface area contributed by atoms with Gasteiger partial charge in [-0.1, -0.05) is 0 Å². The molecule has 4 aromatic rings. The number of cyclic esters (lactones) is 1. The summed E-state index contributed by atoms with van der Waals surface area (Å²) in [5, 5.41) is 137. The van der Waals surface area contributed by atoms with Crippen LogP contribution in [0.2, 0.25) is 0 Å². The van der Waals surface area contributed by atoms with Crippen LogP contribution in [0.5, 0.6) is 69.0 Å². The van der Waals surface area contributed by atoms with Crippen molar-refractivity contribution in [2.75, 3.05) is 6.61 Å². The fourth-order valence-electron chi connectivity index (χ4n) is 6.46. The molecule has 3 heterocycles. The molecule has 0 amide bonds. The third-order valence-corrected chi connectivity index (χ3v) is 9.11. The Morgan fingerprint density at radius 1 is 0.411 bits per heavy atom. The molecule has 4 aromatic carbocycles. The standard InChI is InChI=1S/C34H24O22/c35-10-1-6-15(23(43)19(10)39)16-7(2-11(36)20(40)24(16)44)31(48)54-27-14(5-52-30(6)47)53-34(51)29-28(27)55-32(49)8-3-12(37)21(41)25(45)17(8)18-9(33(50)56-29)4-13(38)22(42)26(18)46/h1-4,14,27-29,34-46,51H,5H2/t14-,27?,28+,29?,34?/m1/s1. The lowest BCUT2D eigenvalue weighted by molar-refractivity contribution is -0.284. The van der Waals surface area contributed by atoms with Crippen LogP contribution >= 0.6 is 0 Å². The van der Waals surface area contributed by atoms with Crippen molar-refractivity contribution in [3.05, 3.63) is 46.5 Å². The highest BCUT2D eigenvalue weighted by molar-refractivity contribution is 6.10. The minimum atomic E-state index is -2.40. The van der Waals surface area contributed by atoms with E-state index in [2.05, 4.69) is 0 Å². The van der Waals surface area contributed by atoms with E-state index in [0.29, 0.717) is 24.3 Å². The average molecular weight is 785 g/mol. The Labute approximate surface area is 308 Å². The number of carbonyl (C=O) groups excluding carboxylic acids is 4. The van der Waals surface area contributed by atoms with Crippen LogP contribution < -0.4 is 0 Å². The zero-order chi connectivity index (χ0) is 40.8. The number of hydrogen-bond acceptors (Lipinski definition) is 22. The number of hydrogen-bond donors (Lipinski definition) is 13. The maximum atomic E-state index is 14.1. The molecular formula is C34H24O22. The van der Waals surface area contributed by atoms with Gasteiger partial charge in [0.15, 0.2) is 70.6 Å². The predicted molar refractivity (Wildman–Crippen MR) is 173 cm³/mol. The Hall–Kier alpha value is -7.72. The largest absolute Gasteiger partial charge is 0.504 e. The van der Waals surface area contributed by atoms with E-state index >= 15 is 0 Å². The number of phenols is 12. The highest BCUT2D eigenvalue weighted by Crippen LogP contribution is 2.55. The van der Waals surface area contributed by atoms with E-state index in [4.69, 9.17) is 23.7 Å². The van der Waals surface area contributed by atoms with Crippen LogP contribution in [0.25, 0.3) is 22.3 Å². The number of carbonyl (C=O) groups is 4. The van der Waals surface area contributed by atoms with Crippen LogP contribution in [0.3, 0.4) is 0 Å². The molecule has 0 aromatic heterocycles. The molecule has 292 valence electrons. The smallest absolute Gasteiger partial charge is 0.339 e. The van der Waals surface area contributed by atoms with Gasteiger partial charge in [0.05, 0.1) is 22.3 Å². The van der Waals surface area contributed by atoms with E-state index in [9.17, 15) is 85.6 Å². The zero-order valence-electron chi connectivity index (χ0n) is 27.4. The highest BCUT2D eigenvalue weighted by Gasteiger charge is 2.54. The van der Waals surface area contributed by atoms with Gasteiger partial charge in [0, 0.05) is 22.3 Å². The van der Waals surface area contributed by atoms with Crippen molar-refractivity contribution >= 4 is 23.9 Å². The molecule has 0 spiro atoms. The van der Waals surface area contributed by atoms with Gasteiger partial charge in [0.2, 0.25) is 23.0 Å². The molecule has 7 rings (SSSR count). The van der Waals surface area contributed by atoms with E-state index < -0.39 is 175 Å². The monoisotopic (exact) mass is 784 g/mol. The molecule has 22 nitrogen and oxygen atoms in total. The molecule has 0 saturated carbocycles. The van der Waals surface area contributed by atoms with E-state index in [0.717, 1.165) is 0 Å². The molecule has 3 aliphatic rings. The maximum absolute atomic E-state index is 14.1. The summed E-state index contributed by atoms with van der Waals surface area (Å²) in [5.74, 6) is -21.9. The second kappa shape index (κ2) is 12.7. The van der Waals surface area contributed by atoms with Crippen molar-refractivity contribution in [1.29, 1.82) is 0 Å². The molecule has 13 N–H and O–H groups in total. The molecule has 22 heteroatoms. The molecule has 0 radical (unpaired) electrons. The van der Waals surface area contributed by atoms with Crippen molar-refractivity contribution in [3.63, 3.8) is 0 Å². The van der Waals surface area contributed by atoms with Gasteiger partial charge in [0.25, 0.3) is 0 Å². The van der Waals surface area contributed by atoms with Gasteiger partial charge in [0.1, 0.15) is 12.7 Å². The van der Waals surface area contributed by atoms with Gasteiger partial charge in [-0.2, -0.15) is 0 Å². The molecule has 1 fully saturated rings. The minimum absolute atomic E-state index is 0.465. The fraction of sp³-hybridized carbons (Fsp3) is 0.176. The number of aliphatic hydroxyl groups excluding tert-OH is 1. The molecule has 56 heavy (non-hydrogen) atoms. The summed E-state index contributed by atoms with van der Waals surface area (Å²) < 4.78 is 27.2. The van der Waals surface area contributed by atoms with Crippen LogP contribution in [-0.2, 0) is 23.7 Å². The molecule has 1 saturated heterocycles. The van der Waals surface area contributed by atoms with Crippen LogP contribution in [0.4, 0.5) is 0 Å². The lowest BCUT2D eigenvalue weighted by Crippen LogP contribution is -2.62. The van der Waals surface area contributed by atoms with Crippen LogP contribution in [-0.4, -0.2) is 128 Å². The van der Waals surface area contributed by atoms with Gasteiger partial charge in [-0.15, -0.1) is 0 Å². The summed E-state index contributed by atoms with van der Waals surface area (Å²) >= 11 is 0. The molecule has 0 bridgehead atoms. The first kappa shape index (κ1) is 36.6. The number of fused-ring (bicyclic) bond motifs is 9. The van der Waals surface area contributed by atoms with E-state index in [1.54, 1.807) is 0 Å². The Morgan fingerprint density at radius 3 is 1.07 bits per heavy atom. The van der Waals surface area contributed by atoms with Crippen molar-refractivity contribution < 1.29 is 109 Å². The summed E-state index contributed by atoms with van der Waals surface area (Å²) in [6, 6.07) is 1.96. The van der Waals surface area contributed by atoms with Gasteiger partial charge < -0.3 is 90.1 Å². The Morgan fingerprint density at radius 2 is 0.714 bits per heavy atom. The first-order valence-corrected chi connectivity index (χ1v) is 15.6. The Bertz CT molecular complexity index is 2440. The molecule has 3 unspecified atom stereocenters. The van der Waals surface area contributed by atoms with E-state index in [1.165, 1.54) is 0 Å². The number of phenolic OH excluding ortho intramolecular Hbond substituents is 12. The minimum Gasteiger partial charge on any atom is -0.504 e. The molecule has 3 aliphatic heterocycles. The number of ether oxygens (including phenoxy) is 5. The van der Waals surface area contributed by atoms with Crippen LogP contribution in [0.15, 0.2) is 24.3 Å².